The molecular formula is C24H18O3. The summed E-state index contributed by atoms with van der Waals surface area (Å²) >= 11 is 0. The summed E-state index contributed by atoms with van der Waals surface area (Å²) in [6.07, 6.45) is 3.96. The van der Waals surface area contributed by atoms with E-state index >= 15 is 0 Å². The van der Waals surface area contributed by atoms with Gasteiger partial charge in [0.05, 0.1) is 0 Å². The van der Waals surface area contributed by atoms with Gasteiger partial charge in [-0.1, -0.05) is 66.7 Å². The molecule has 4 aromatic rings. The van der Waals surface area contributed by atoms with Crippen molar-refractivity contribution in [3.05, 3.63) is 107 Å². The molecule has 3 nitrogen and oxygen atoms in total. The van der Waals surface area contributed by atoms with Gasteiger partial charge in [0.25, 0.3) is 0 Å². The smallest absolute Gasteiger partial charge is 0.336 e. The standard InChI is InChI=1S/C24H18O3/c25-24-17-22(19-11-5-2-6-12-19)21-14-13-20(16-23(21)27-24)26-15-7-10-18-8-3-1-4-9-18/h1-14,16-17H,15H2/b10-7+. The first kappa shape index (κ1) is 16.9. The van der Waals surface area contributed by atoms with Crippen LogP contribution in [0.5, 0.6) is 5.75 Å². The van der Waals surface area contributed by atoms with Gasteiger partial charge in [0.2, 0.25) is 0 Å². The number of hydrogen-bond donors (Lipinski definition) is 0. The van der Waals surface area contributed by atoms with Crippen molar-refractivity contribution in [2.24, 2.45) is 0 Å². The largest absolute Gasteiger partial charge is 0.489 e. The first-order chi connectivity index (χ1) is 13.3. The number of fused-ring (bicyclic) bond motifs is 1. The van der Waals surface area contributed by atoms with E-state index < -0.39 is 0 Å². The van der Waals surface area contributed by atoms with Crippen LogP contribution in [0.3, 0.4) is 0 Å². The molecule has 0 spiro atoms. The van der Waals surface area contributed by atoms with E-state index in [2.05, 4.69) is 0 Å². The maximum Gasteiger partial charge on any atom is 0.336 e. The summed E-state index contributed by atoms with van der Waals surface area (Å²) in [6.45, 7) is 0.434. The van der Waals surface area contributed by atoms with Gasteiger partial charge in [-0.25, -0.2) is 4.79 Å². The van der Waals surface area contributed by atoms with Crippen LogP contribution in [0, 0.1) is 0 Å². The fourth-order valence-corrected chi connectivity index (χ4v) is 2.98. The molecule has 0 aliphatic heterocycles. The van der Waals surface area contributed by atoms with Gasteiger partial charge >= 0.3 is 5.63 Å². The van der Waals surface area contributed by atoms with Gasteiger partial charge in [-0.15, -0.1) is 0 Å². The lowest BCUT2D eigenvalue weighted by molar-refractivity contribution is 0.363. The molecule has 0 aliphatic carbocycles. The normalized spacial score (nSPS) is 11.1. The van der Waals surface area contributed by atoms with Crippen molar-refractivity contribution in [3.63, 3.8) is 0 Å². The van der Waals surface area contributed by atoms with Crippen molar-refractivity contribution in [2.75, 3.05) is 6.61 Å². The lowest BCUT2D eigenvalue weighted by atomic mass is 10.0. The quantitative estimate of drug-likeness (QED) is 0.441. The van der Waals surface area contributed by atoms with E-state index in [4.69, 9.17) is 9.15 Å². The molecule has 3 heteroatoms. The highest BCUT2D eigenvalue weighted by Gasteiger charge is 2.08. The van der Waals surface area contributed by atoms with E-state index in [1.165, 1.54) is 6.07 Å². The summed E-state index contributed by atoms with van der Waals surface area (Å²) in [7, 11) is 0. The van der Waals surface area contributed by atoms with Crippen molar-refractivity contribution >= 4 is 17.0 Å². The average Bonchev–Trinajstić information content (AvgIpc) is 2.72. The minimum absolute atomic E-state index is 0.373. The summed E-state index contributed by atoms with van der Waals surface area (Å²) in [6, 6.07) is 27.0. The number of hydrogen-bond acceptors (Lipinski definition) is 3. The van der Waals surface area contributed by atoms with E-state index in [-0.39, 0.29) is 5.63 Å². The number of benzene rings is 3. The van der Waals surface area contributed by atoms with Crippen LogP contribution in [0.15, 0.2) is 100 Å². The molecular weight excluding hydrogens is 336 g/mol. The van der Waals surface area contributed by atoms with Crippen LogP contribution in [0.2, 0.25) is 0 Å². The van der Waals surface area contributed by atoms with Crippen molar-refractivity contribution in [1.29, 1.82) is 0 Å². The summed E-state index contributed by atoms with van der Waals surface area (Å²) in [5.41, 5.74) is 3.11. The lowest BCUT2D eigenvalue weighted by Crippen LogP contribution is -1.99. The van der Waals surface area contributed by atoms with E-state index in [1.807, 2.05) is 84.9 Å². The zero-order chi connectivity index (χ0) is 18.5. The van der Waals surface area contributed by atoms with Gasteiger partial charge in [-0.3, -0.25) is 0 Å². The molecule has 0 bridgehead atoms. The van der Waals surface area contributed by atoms with E-state index in [0.29, 0.717) is 17.9 Å². The van der Waals surface area contributed by atoms with Gasteiger partial charge in [-0.05, 0) is 34.9 Å². The molecule has 0 saturated carbocycles. The molecule has 132 valence electrons. The van der Waals surface area contributed by atoms with E-state index in [9.17, 15) is 4.79 Å². The monoisotopic (exact) mass is 354 g/mol. The number of ether oxygens (including phenoxy) is 1. The fourth-order valence-electron chi connectivity index (χ4n) is 2.98. The van der Waals surface area contributed by atoms with Crippen LogP contribution in [-0.2, 0) is 0 Å². The molecule has 1 heterocycles. The van der Waals surface area contributed by atoms with Crippen LogP contribution in [0.4, 0.5) is 0 Å². The highest BCUT2D eigenvalue weighted by Crippen LogP contribution is 2.29. The zero-order valence-corrected chi connectivity index (χ0v) is 14.7. The Morgan fingerprint density at radius 2 is 1.59 bits per heavy atom. The van der Waals surface area contributed by atoms with Crippen LogP contribution in [0.25, 0.3) is 28.2 Å². The van der Waals surface area contributed by atoms with Gasteiger partial charge in [-0.2, -0.15) is 0 Å². The minimum atomic E-state index is -0.373. The van der Waals surface area contributed by atoms with Gasteiger partial charge in [0.15, 0.2) is 0 Å². The first-order valence-electron chi connectivity index (χ1n) is 8.77. The van der Waals surface area contributed by atoms with Gasteiger partial charge in [0.1, 0.15) is 17.9 Å². The third-order valence-electron chi connectivity index (χ3n) is 4.26. The van der Waals surface area contributed by atoms with Crippen molar-refractivity contribution < 1.29 is 9.15 Å². The Kier molecular flexibility index (Phi) is 4.84. The molecule has 3 aromatic carbocycles. The summed E-state index contributed by atoms with van der Waals surface area (Å²) < 4.78 is 11.2. The molecule has 4 rings (SSSR count). The SMILES string of the molecule is O=c1cc(-c2ccccc2)c2ccc(OC/C=C/c3ccccc3)cc2o1. The van der Waals surface area contributed by atoms with Gasteiger partial charge in [0, 0.05) is 17.5 Å². The van der Waals surface area contributed by atoms with Crippen molar-refractivity contribution in [1.82, 2.24) is 0 Å². The minimum Gasteiger partial charge on any atom is -0.489 e. The molecule has 0 aliphatic rings. The molecule has 0 radical (unpaired) electrons. The summed E-state index contributed by atoms with van der Waals surface area (Å²) in [5, 5.41) is 0.882. The number of rotatable bonds is 5. The van der Waals surface area contributed by atoms with Crippen LogP contribution in [-0.4, -0.2) is 6.61 Å². The second-order valence-electron chi connectivity index (χ2n) is 6.13. The zero-order valence-electron chi connectivity index (χ0n) is 14.7. The highest BCUT2D eigenvalue weighted by molar-refractivity contribution is 5.93. The third-order valence-corrected chi connectivity index (χ3v) is 4.26. The molecule has 0 N–H and O–H groups in total. The Labute approximate surface area is 157 Å². The molecule has 27 heavy (non-hydrogen) atoms. The first-order valence-corrected chi connectivity index (χ1v) is 8.77. The van der Waals surface area contributed by atoms with Crippen LogP contribution >= 0.6 is 0 Å². The van der Waals surface area contributed by atoms with Gasteiger partial charge < -0.3 is 9.15 Å². The molecule has 0 atom stereocenters. The van der Waals surface area contributed by atoms with Crippen LogP contribution in [0.1, 0.15) is 5.56 Å². The molecule has 1 aromatic heterocycles. The summed E-state index contributed by atoms with van der Waals surface area (Å²) in [4.78, 5) is 12.0. The Bertz CT molecular complexity index is 1130. The summed E-state index contributed by atoms with van der Waals surface area (Å²) in [5.74, 6) is 0.661. The fraction of sp³-hybridized carbons (Fsp3) is 0.0417. The highest BCUT2D eigenvalue weighted by atomic mass is 16.5. The third kappa shape index (κ3) is 3.98. The van der Waals surface area contributed by atoms with Crippen molar-refractivity contribution in [2.45, 2.75) is 0 Å². The average molecular weight is 354 g/mol. The lowest BCUT2D eigenvalue weighted by Gasteiger charge is -2.08. The van der Waals surface area contributed by atoms with E-state index in [0.717, 1.165) is 22.1 Å². The molecule has 0 amide bonds. The maximum absolute atomic E-state index is 12.0. The van der Waals surface area contributed by atoms with E-state index in [1.54, 1.807) is 6.07 Å². The molecule has 0 saturated heterocycles. The Hall–Kier alpha value is -3.59. The second kappa shape index (κ2) is 7.75. The predicted octanol–water partition coefficient (Wildman–Crippen LogP) is 5.55. The Morgan fingerprint density at radius 1 is 0.852 bits per heavy atom. The molecule has 0 fully saturated rings. The topological polar surface area (TPSA) is 39.4 Å². The predicted molar refractivity (Wildman–Crippen MR) is 109 cm³/mol. The van der Waals surface area contributed by atoms with Crippen molar-refractivity contribution in [3.8, 4) is 16.9 Å². The Balaban J connectivity index is 1.58. The molecule has 0 unspecified atom stereocenters. The van der Waals surface area contributed by atoms with Crippen LogP contribution < -0.4 is 10.4 Å². The second-order valence-corrected chi connectivity index (χ2v) is 6.13. The maximum atomic E-state index is 12.0. The Morgan fingerprint density at radius 3 is 2.37 bits per heavy atom.